The van der Waals surface area contributed by atoms with E-state index < -0.39 is 0 Å². The van der Waals surface area contributed by atoms with Crippen molar-refractivity contribution in [2.45, 2.75) is 39.2 Å². The van der Waals surface area contributed by atoms with Crippen molar-refractivity contribution < 1.29 is 9.53 Å². The molecular formula is C15H25N3O2S. The molecule has 0 radical (unpaired) electrons. The Labute approximate surface area is 130 Å². The predicted molar refractivity (Wildman–Crippen MR) is 84.6 cm³/mol. The van der Waals surface area contributed by atoms with E-state index in [4.69, 9.17) is 9.72 Å². The third-order valence-corrected chi connectivity index (χ3v) is 4.76. The third-order valence-electron chi connectivity index (χ3n) is 3.47. The highest BCUT2D eigenvalue weighted by Crippen LogP contribution is 2.30. The van der Waals surface area contributed by atoms with Crippen LogP contribution in [0.3, 0.4) is 0 Å². The fourth-order valence-electron chi connectivity index (χ4n) is 2.37. The van der Waals surface area contributed by atoms with Gasteiger partial charge in [0.25, 0.3) is 0 Å². The molecule has 0 bridgehead atoms. The van der Waals surface area contributed by atoms with Crippen LogP contribution < -0.4 is 5.32 Å². The van der Waals surface area contributed by atoms with E-state index >= 15 is 0 Å². The summed E-state index contributed by atoms with van der Waals surface area (Å²) in [4.78, 5) is 19.3. The van der Waals surface area contributed by atoms with Gasteiger partial charge in [-0.3, -0.25) is 4.90 Å². The lowest BCUT2D eigenvalue weighted by molar-refractivity contribution is -0.150. The number of thiazole rings is 1. The fourth-order valence-corrected chi connectivity index (χ4v) is 3.30. The van der Waals surface area contributed by atoms with Gasteiger partial charge in [-0.05, 0) is 6.92 Å². The van der Waals surface area contributed by atoms with E-state index in [0.717, 1.165) is 36.9 Å². The van der Waals surface area contributed by atoms with Gasteiger partial charge < -0.3 is 10.1 Å². The molecule has 6 heteroatoms. The average Bonchev–Trinajstić information content (AvgIpc) is 2.90. The van der Waals surface area contributed by atoms with Gasteiger partial charge in [0, 0.05) is 37.0 Å². The zero-order valence-corrected chi connectivity index (χ0v) is 14.1. The van der Waals surface area contributed by atoms with Gasteiger partial charge >= 0.3 is 5.97 Å². The highest BCUT2D eigenvalue weighted by molar-refractivity contribution is 7.09. The summed E-state index contributed by atoms with van der Waals surface area (Å²) < 4.78 is 5.27. The second kappa shape index (κ2) is 6.85. The van der Waals surface area contributed by atoms with Crippen LogP contribution in [0.5, 0.6) is 0 Å². The van der Waals surface area contributed by atoms with Crippen LogP contribution in [0, 0.1) is 0 Å². The van der Waals surface area contributed by atoms with E-state index in [9.17, 15) is 4.79 Å². The SMILES string of the molecule is CCOC(=O)C(c1csc(C(C)(C)C)n1)N1CCNCC1. The van der Waals surface area contributed by atoms with Crippen molar-refractivity contribution in [3.63, 3.8) is 0 Å². The normalized spacial score (nSPS) is 18.5. The van der Waals surface area contributed by atoms with Crippen LogP contribution in [0.4, 0.5) is 0 Å². The number of hydrogen-bond donors (Lipinski definition) is 1. The molecular weight excluding hydrogens is 286 g/mol. The molecule has 0 aliphatic carbocycles. The number of hydrogen-bond acceptors (Lipinski definition) is 6. The van der Waals surface area contributed by atoms with Crippen LogP contribution in [0.15, 0.2) is 5.38 Å². The van der Waals surface area contributed by atoms with Gasteiger partial charge in [0.1, 0.15) is 0 Å². The first kappa shape index (κ1) is 16.4. The van der Waals surface area contributed by atoms with E-state index in [1.54, 1.807) is 11.3 Å². The maximum atomic E-state index is 12.4. The lowest BCUT2D eigenvalue weighted by Gasteiger charge is -2.32. The molecule has 1 fully saturated rings. The van der Waals surface area contributed by atoms with Crippen molar-refractivity contribution in [2.24, 2.45) is 0 Å². The Balaban J connectivity index is 2.25. The molecule has 1 aliphatic rings. The summed E-state index contributed by atoms with van der Waals surface area (Å²) in [7, 11) is 0. The molecule has 0 amide bonds. The fraction of sp³-hybridized carbons (Fsp3) is 0.733. The number of esters is 1. The van der Waals surface area contributed by atoms with E-state index in [1.807, 2.05) is 12.3 Å². The van der Waals surface area contributed by atoms with E-state index in [-0.39, 0.29) is 17.4 Å². The summed E-state index contributed by atoms with van der Waals surface area (Å²) >= 11 is 1.62. The molecule has 1 aliphatic heterocycles. The van der Waals surface area contributed by atoms with Gasteiger partial charge in [0.05, 0.1) is 17.3 Å². The van der Waals surface area contributed by atoms with Gasteiger partial charge in [0.2, 0.25) is 0 Å². The van der Waals surface area contributed by atoms with Crippen LogP contribution in [0.2, 0.25) is 0 Å². The molecule has 1 aromatic heterocycles. The number of nitrogens with zero attached hydrogens (tertiary/aromatic N) is 2. The highest BCUT2D eigenvalue weighted by Gasteiger charge is 2.33. The molecule has 1 saturated heterocycles. The minimum absolute atomic E-state index is 0.00554. The molecule has 1 N–H and O–H groups in total. The van der Waals surface area contributed by atoms with E-state index in [1.165, 1.54) is 0 Å². The van der Waals surface area contributed by atoms with Crippen LogP contribution >= 0.6 is 11.3 Å². The minimum Gasteiger partial charge on any atom is -0.465 e. The highest BCUT2D eigenvalue weighted by atomic mass is 32.1. The Kier molecular flexibility index (Phi) is 5.35. The Bertz CT molecular complexity index is 476. The third kappa shape index (κ3) is 4.02. The zero-order valence-electron chi connectivity index (χ0n) is 13.3. The molecule has 0 saturated carbocycles. The maximum absolute atomic E-state index is 12.4. The number of piperazine rings is 1. The first-order valence-corrected chi connectivity index (χ1v) is 8.38. The molecule has 21 heavy (non-hydrogen) atoms. The lowest BCUT2D eigenvalue weighted by atomic mass is 9.98. The molecule has 5 nitrogen and oxygen atoms in total. The van der Waals surface area contributed by atoms with Gasteiger partial charge in [-0.25, -0.2) is 9.78 Å². The number of carbonyl (C=O) groups is 1. The van der Waals surface area contributed by atoms with Crippen LogP contribution in [0.25, 0.3) is 0 Å². The largest absolute Gasteiger partial charge is 0.465 e. The van der Waals surface area contributed by atoms with Crippen LogP contribution in [-0.4, -0.2) is 48.6 Å². The summed E-state index contributed by atoms with van der Waals surface area (Å²) in [6.07, 6.45) is 0. The molecule has 1 aromatic rings. The van der Waals surface area contributed by atoms with Gasteiger partial charge in [-0.15, -0.1) is 11.3 Å². The number of nitrogens with one attached hydrogen (secondary N) is 1. The summed E-state index contributed by atoms with van der Waals surface area (Å²) in [5, 5.41) is 6.37. The van der Waals surface area contributed by atoms with E-state index in [0.29, 0.717) is 6.61 Å². The van der Waals surface area contributed by atoms with Crippen molar-refractivity contribution in [1.82, 2.24) is 15.2 Å². The predicted octanol–water partition coefficient (Wildman–Crippen LogP) is 1.95. The zero-order chi connectivity index (χ0) is 15.5. The van der Waals surface area contributed by atoms with Crippen molar-refractivity contribution >= 4 is 17.3 Å². The Morgan fingerprint density at radius 2 is 2.14 bits per heavy atom. The Morgan fingerprint density at radius 3 is 2.67 bits per heavy atom. The average molecular weight is 311 g/mol. The van der Waals surface area contributed by atoms with Gasteiger partial charge in [-0.1, -0.05) is 20.8 Å². The Hall–Kier alpha value is -0.980. The number of rotatable bonds is 4. The summed E-state index contributed by atoms with van der Waals surface area (Å²) in [5.74, 6) is -0.190. The van der Waals surface area contributed by atoms with Crippen LogP contribution in [-0.2, 0) is 14.9 Å². The number of ether oxygens (including phenoxy) is 1. The Morgan fingerprint density at radius 1 is 1.48 bits per heavy atom. The molecule has 118 valence electrons. The minimum atomic E-state index is -0.376. The van der Waals surface area contributed by atoms with Gasteiger partial charge in [0.15, 0.2) is 6.04 Å². The topological polar surface area (TPSA) is 54.5 Å². The monoisotopic (exact) mass is 311 g/mol. The van der Waals surface area contributed by atoms with Gasteiger partial charge in [-0.2, -0.15) is 0 Å². The molecule has 1 unspecified atom stereocenters. The smallest absolute Gasteiger partial charge is 0.329 e. The second-order valence-electron chi connectivity index (χ2n) is 6.27. The molecule has 0 aromatic carbocycles. The lowest BCUT2D eigenvalue weighted by Crippen LogP contribution is -2.47. The van der Waals surface area contributed by atoms with Crippen molar-refractivity contribution in [3.05, 3.63) is 16.1 Å². The summed E-state index contributed by atoms with van der Waals surface area (Å²) in [5.41, 5.74) is 0.830. The van der Waals surface area contributed by atoms with Crippen molar-refractivity contribution in [3.8, 4) is 0 Å². The van der Waals surface area contributed by atoms with E-state index in [2.05, 4.69) is 31.0 Å². The number of carbonyl (C=O) groups excluding carboxylic acids is 1. The standard InChI is InChI=1S/C15H25N3O2S/c1-5-20-13(19)12(18-8-6-16-7-9-18)11-10-21-14(17-11)15(2,3)4/h10,12,16H,5-9H2,1-4H3. The molecule has 1 atom stereocenters. The summed E-state index contributed by atoms with van der Waals surface area (Å²) in [6.45, 7) is 12.1. The first-order valence-electron chi connectivity index (χ1n) is 7.50. The molecule has 2 rings (SSSR count). The molecule has 0 spiro atoms. The number of aromatic nitrogens is 1. The van der Waals surface area contributed by atoms with Crippen molar-refractivity contribution in [2.75, 3.05) is 32.8 Å². The molecule has 2 heterocycles. The quantitative estimate of drug-likeness (QED) is 0.861. The maximum Gasteiger partial charge on any atom is 0.329 e. The van der Waals surface area contributed by atoms with Crippen molar-refractivity contribution in [1.29, 1.82) is 0 Å². The second-order valence-corrected chi connectivity index (χ2v) is 7.13. The summed E-state index contributed by atoms with van der Waals surface area (Å²) in [6, 6.07) is -0.376. The first-order chi connectivity index (χ1) is 9.93. The van der Waals surface area contributed by atoms with Crippen LogP contribution in [0.1, 0.15) is 44.4 Å².